The van der Waals surface area contributed by atoms with Gasteiger partial charge in [-0.2, -0.15) is 5.92 Å². The first-order chi connectivity index (χ1) is 3.66. The van der Waals surface area contributed by atoms with Crippen molar-refractivity contribution in [3.8, 4) is 0 Å². The van der Waals surface area contributed by atoms with Crippen LogP contribution < -0.4 is 0 Å². The van der Waals surface area contributed by atoms with Gasteiger partial charge in [0, 0.05) is 0 Å². The highest BCUT2D eigenvalue weighted by molar-refractivity contribution is 4.80. The maximum absolute atomic E-state index is 3.88. The van der Waals surface area contributed by atoms with E-state index in [0.29, 0.717) is 5.92 Å². The van der Waals surface area contributed by atoms with Crippen molar-refractivity contribution in [1.29, 1.82) is 0 Å². The molecule has 0 fully saturated rings. The van der Waals surface area contributed by atoms with Crippen LogP contribution in [0.4, 0.5) is 0 Å². The molecular formula is C8H15-. The summed E-state index contributed by atoms with van der Waals surface area (Å²) >= 11 is 0. The Bertz CT molecular complexity index is 62.4. The Labute approximate surface area is 52.6 Å². The normalized spacial score (nSPS) is 14.0. The van der Waals surface area contributed by atoms with E-state index in [0.717, 1.165) is 12.3 Å². The van der Waals surface area contributed by atoms with Crippen molar-refractivity contribution >= 4 is 0 Å². The molecular weight excluding hydrogens is 96.1 g/mol. The van der Waals surface area contributed by atoms with Crippen LogP contribution in [0.15, 0.2) is 12.7 Å². The van der Waals surface area contributed by atoms with E-state index >= 15 is 0 Å². The van der Waals surface area contributed by atoms with Gasteiger partial charge in [-0.3, -0.25) is 0 Å². The second-order valence-electron chi connectivity index (χ2n) is 2.63. The molecule has 0 aromatic rings. The third kappa shape index (κ3) is 3.91. The zero-order chi connectivity index (χ0) is 6.57. The SMILES string of the molecule is C=CC([CH2-])CC(C)C. The molecule has 0 aromatic heterocycles. The summed E-state index contributed by atoms with van der Waals surface area (Å²) in [6.07, 6.45) is 3.06. The molecule has 0 aliphatic rings. The van der Waals surface area contributed by atoms with Crippen molar-refractivity contribution in [2.75, 3.05) is 0 Å². The quantitative estimate of drug-likeness (QED) is 0.388. The molecule has 0 saturated heterocycles. The fourth-order valence-electron chi connectivity index (χ4n) is 0.702. The van der Waals surface area contributed by atoms with Gasteiger partial charge >= 0.3 is 0 Å². The molecule has 0 radical (unpaired) electrons. The molecule has 0 heteroatoms. The van der Waals surface area contributed by atoms with Crippen LogP contribution in [0.2, 0.25) is 0 Å². The Kier molecular flexibility index (Phi) is 3.59. The smallest absolute Gasteiger partial charge is 0.0490 e. The Balaban J connectivity index is 3.23. The molecule has 48 valence electrons. The molecule has 0 saturated carbocycles. The van der Waals surface area contributed by atoms with Crippen LogP contribution in [0.3, 0.4) is 0 Å². The molecule has 0 spiro atoms. The Morgan fingerprint density at radius 1 is 1.62 bits per heavy atom. The first-order valence-electron chi connectivity index (χ1n) is 3.12. The second-order valence-corrected chi connectivity index (χ2v) is 2.63. The van der Waals surface area contributed by atoms with Gasteiger partial charge in [-0.25, -0.2) is 0 Å². The largest absolute Gasteiger partial charge is 0.337 e. The molecule has 0 aliphatic heterocycles. The maximum atomic E-state index is 3.88. The van der Waals surface area contributed by atoms with Gasteiger partial charge in [0.15, 0.2) is 0 Å². The van der Waals surface area contributed by atoms with Crippen LogP contribution in [0, 0.1) is 18.8 Å². The molecule has 0 aromatic carbocycles. The zero-order valence-corrected chi connectivity index (χ0v) is 5.85. The summed E-state index contributed by atoms with van der Waals surface area (Å²) in [6, 6.07) is 0. The van der Waals surface area contributed by atoms with Crippen molar-refractivity contribution in [2.45, 2.75) is 20.3 Å². The van der Waals surface area contributed by atoms with Crippen molar-refractivity contribution in [2.24, 2.45) is 11.8 Å². The molecule has 0 rings (SSSR count). The predicted molar refractivity (Wildman–Crippen MR) is 38.5 cm³/mol. The van der Waals surface area contributed by atoms with Crippen LogP contribution in [-0.2, 0) is 0 Å². The molecule has 0 amide bonds. The highest BCUT2D eigenvalue weighted by Crippen LogP contribution is 2.09. The van der Waals surface area contributed by atoms with Crippen molar-refractivity contribution in [3.05, 3.63) is 19.6 Å². The predicted octanol–water partition coefficient (Wildman–Crippen LogP) is 2.67. The number of allylic oxidation sites excluding steroid dienone is 1. The summed E-state index contributed by atoms with van der Waals surface area (Å²) in [7, 11) is 0. The lowest BCUT2D eigenvalue weighted by Crippen LogP contribution is -1.95. The molecule has 0 nitrogen and oxygen atoms in total. The monoisotopic (exact) mass is 111 g/mol. The first kappa shape index (κ1) is 7.74. The van der Waals surface area contributed by atoms with Crippen molar-refractivity contribution < 1.29 is 0 Å². The number of hydrogen-bond donors (Lipinski definition) is 0. The standard InChI is InChI=1S/C8H15/c1-5-8(4)6-7(2)3/h5,7-8H,1,4,6H2,2-3H3/q-1. The van der Waals surface area contributed by atoms with Gasteiger partial charge in [0.05, 0.1) is 0 Å². The third-order valence-electron chi connectivity index (χ3n) is 1.11. The van der Waals surface area contributed by atoms with Crippen LogP contribution in [-0.4, -0.2) is 0 Å². The highest BCUT2D eigenvalue weighted by atomic mass is 14.0. The van der Waals surface area contributed by atoms with E-state index in [2.05, 4.69) is 27.4 Å². The minimum Gasteiger partial charge on any atom is -0.337 e. The fraction of sp³-hybridized carbons (Fsp3) is 0.625. The molecule has 0 N–H and O–H groups in total. The third-order valence-corrected chi connectivity index (χ3v) is 1.11. The molecule has 1 unspecified atom stereocenters. The van der Waals surface area contributed by atoms with Gasteiger partial charge in [0.1, 0.15) is 0 Å². The van der Waals surface area contributed by atoms with E-state index in [1.54, 1.807) is 0 Å². The maximum Gasteiger partial charge on any atom is -0.0490 e. The highest BCUT2D eigenvalue weighted by Gasteiger charge is 1.92. The van der Waals surface area contributed by atoms with Crippen molar-refractivity contribution in [3.63, 3.8) is 0 Å². The lowest BCUT2D eigenvalue weighted by Gasteiger charge is -2.13. The van der Waals surface area contributed by atoms with E-state index in [1.165, 1.54) is 0 Å². The lowest BCUT2D eigenvalue weighted by molar-refractivity contribution is 0.531. The molecule has 8 heavy (non-hydrogen) atoms. The molecule has 0 heterocycles. The van der Waals surface area contributed by atoms with Crippen molar-refractivity contribution in [1.82, 2.24) is 0 Å². The van der Waals surface area contributed by atoms with Gasteiger partial charge in [-0.15, -0.1) is 12.7 Å². The summed E-state index contributed by atoms with van der Waals surface area (Å²) in [5, 5.41) is 0. The van der Waals surface area contributed by atoms with E-state index in [1.807, 2.05) is 6.08 Å². The van der Waals surface area contributed by atoms with Crippen LogP contribution >= 0.6 is 0 Å². The topological polar surface area (TPSA) is 0 Å². The Morgan fingerprint density at radius 3 is 2.25 bits per heavy atom. The van der Waals surface area contributed by atoms with Crippen LogP contribution in [0.1, 0.15) is 20.3 Å². The van der Waals surface area contributed by atoms with Gasteiger partial charge in [0.25, 0.3) is 0 Å². The fourth-order valence-corrected chi connectivity index (χ4v) is 0.702. The van der Waals surface area contributed by atoms with Gasteiger partial charge in [0.2, 0.25) is 0 Å². The van der Waals surface area contributed by atoms with E-state index in [4.69, 9.17) is 0 Å². The average molecular weight is 111 g/mol. The van der Waals surface area contributed by atoms with Gasteiger partial charge in [-0.1, -0.05) is 20.3 Å². The molecule has 1 atom stereocenters. The zero-order valence-electron chi connectivity index (χ0n) is 5.85. The molecule has 0 aliphatic carbocycles. The van der Waals surface area contributed by atoms with E-state index in [-0.39, 0.29) is 0 Å². The van der Waals surface area contributed by atoms with Gasteiger partial charge in [-0.05, 0) is 5.92 Å². The second kappa shape index (κ2) is 3.71. The summed E-state index contributed by atoms with van der Waals surface area (Å²) in [5.41, 5.74) is 0. The molecule has 0 bridgehead atoms. The average Bonchev–Trinajstić information content (AvgIpc) is 1.65. The summed E-state index contributed by atoms with van der Waals surface area (Å²) in [6.45, 7) is 11.9. The minimum atomic E-state index is 0.440. The number of hydrogen-bond acceptors (Lipinski definition) is 0. The summed E-state index contributed by atoms with van der Waals surface area (Å²) in [5.74, 6) is 1.19. The lowest BCUT2D eigenvalue weighted by atomic mass is 9.99. The van der Waals surface area contributed by atoms with E-state index < -0.39 is 0 Å². The summed E-state index contributed by atoms with van der Waals surface area (Å²) < 4.78 is 0. The summed E-state index contributed by atoms with van der Waals surface area (Å²) in [4.78, 5) is 0. The Hall–Kier alpha value is -0.260. The van der Waals surface area contributed by atoms with Crippen LogP contribution in [0.25, 0.3) is 0 Å². The minimum absolute atomic E-state index is 0.440. The first-order valence-corrected chi connectivity index (χ1v) is 3.12. The van der Waals surface area contributed by atoms with Gasteiger partial charge < -0.3 is 6.92 Å². The van der Waals surface area contributed by atoms with E-state index in [9.17, 15) is 0 Å². The van der Waals surface area contributed by atoms with Crippen LogP contribution in [0.5, 0.6) is 0 Å². The Morgan fingerprint density at radius 2 is 2.12 bits per heavy atom. The number of rotatable bonds is 3.